The van der Waals surface area contributed by atoms with Gasteiger partial charge >= 0.3 is 5.97 Å². The molecule has 0 radical (unpaired) electrons. The van der Waals surface area contributed by atoms with Gasteiger partial charge in [-0.15, -0.1) is 0 Å². The summed E-state index contributed by atoms with van der Waals surface area (Å²) >= 11 is 6.81. The second-order valence-electron chi connectivity index (χ2n) is 5.03. The first kappa shape index (κ1) is 18.3. The van der Waals surface area contributed by atoms with Crippen LogP contribution < -0.4 is 10.1 Å². The first-order valence-corrected chi connectivity index (χ1v) is 8.56. The van der Waals surface area contributed by atoms with Crippen LogP contribution in [0.5, 0.6) is 5.75 Å². The Balaban J connectivity index is 2.20. The van der Waals surface area contributed by atoms with E-state index in [1.54, 1.807) is 31.3 Å². The maximum Gasteiger partial charge on any atom is 0.307 e. The summed E-state index contributed by atoms with van der Waals surface area (Å²) in [5.41, 5.74) is 2.90. The van der Waals surface area contributed by atoms with Crippen LogP contribution in [-0.4, -0.2) is 18.1 Å². The summed E-state index contributed by atoms with van der Waals surface area (Å²) < 4.78 is 7.16. The van der Waals surface area contributed by atoms with Gasteiger partial charge in [-0.1, -0.05) is 0 Å². The SMILES string of the molecule is CNc1cc(C#N)cc(COc2c(Br)cc(CC(=O)O)cc2Br)c1. The van der Waals surface area contributed by atoms with Crippen molar-refractivity contribution >= 4 is 43.5 Å². The molecule has 0 fully saturated rings. The average molecular weight is 454 g/mol. The fourth-order valence-corrected chi connectivity index (χ4v) is 3.68. The highest BCUT2D eigenvalue weighted by Gasteiger charge is 2.12. The Kier molecular flexibility index (Phi) is 6.23. The van der Waals surface area contributed by atoms with Crippen molar-refractivity contribution in [3.05, 3.63) is 56.0 Å². The molecule has 0 aromatic heterocycles. The summed E-state index contributed by atoms with van der Waals surface area (Å²) in [5, 5.41) is 21.0. The van der Waals surface area contributed by atoms with Crippen molar-refractivity contribution in [2.45, 2.75) is 13.0 Å². The Bertz CT molecular complexity index is 793. The lowest BCUT2D eigenvalue weighted by molar-refractivity contribution is -0.136. The van der Waals surface area contributed by atoms with Crippen LogP contribution in [0.15, 0.2) is 39.3 Å². The van der Waals surface area contributed by atoms with Gasteiger partial charge in [-0.2, -0.15) is 5.26 Å². The minimum absolute atomic E-state index is 0.0623. The number of rotatable bonds is 6. The Hall–Kier alpha value is -2.04. The second-order valence-corrected chi connectivity index (χ2v) is 6.74. The Morgan fingerprint density at radius 2 is 1.88 bits per heavy atom. The third kappa shape index (κ3) is 4.73. The molecule has 2 aromatic rings. The zero-order valence-corrected chi connectivity index (χ0v) is 15.9. The van der Waals surface area contributed by atoms with Crippen LogP contribution in [0.2, 0.25) is 0 Å². The summed E-state index contributed by atoms with van der Waals surface area (Å²) in [6, 6.07) is 11.0. The lowest BCUT2D eigenvalue weighted by Crippen LogP contribution is -2.02. The third-order valence-corrected chi connectivity index (χ3v) is 4.39. The van der Waals surface area contributed by atoms with Crippen molar-refractivity contribution in [2.24, 2.45) is 0 Å². The molecule has 0 amide bonds. The zero-order valence-electron chi connectivity index (χ0n) is 12.8. The number of carboxylic acid groups (broad SMARTS) is 1. The third-order valence-electron chi connectivity index (χ3n) is 3.21. The number of nitrogens with zero attached hydrogens (tertiary/aromatic N) is 1. The molecule has 0 unspecified atom stereocenters. The van der Waals surface area contributed by atoms with Crippen molar-refractivity contribution < 1.29 is 14.6 Å². The van der Waals surface area contributed by atoms with Crippen LogP contribution in [0.3, 0.4) is 0 Å². The van der Waals surface area contributed by atoms with E-state index in [2.05, 4.69) is 43.2 Å². The number of hydrogen-bond acceptors (Lipinski definition) is 4. The van der Waals surface area contributed by atoms with Gasteiger partial charge in [0.25, 0.3) is 0 Å². The smallest absolute Gasteiger partial charge is 0.307 e. The molecule has 0 saturated heterocycles. The molecule has 124 valence electrons. The van der Waals surface area contributed by atoms with Gasteiger partial charge in [0.15, 0.2) is 0 Å². The number of nitriles is 1. The largest absolute Gasteiger partial charge is 0.487 e. The van der Waals surface area contributed by atoms with E-state index in [0.717, 1.165) is 11.3 Å². The maximum atomic E-state index is 10.8. The molecule has 2 rings (SSSR count). The molecule has 0 atom stereocenters. The summed E-state index contributed by atoms with van der Waals surface area (Å²) in [7, 11) is 1.79. The number of ether oxygens (including phenoxy) is 1. The monoisotopic (exact) mass is 452 g/mol. The molecular weight excluding hydrogens is 440 g/mol. The first-order valence-electron chi connectivity index (χ1n) is 6.97. The van der Waals surface area contributed by atoms with Gasteiger partial charge in [0.1, 0.15) is 12.4 Å². The van der Waals surface area contributed by atoms with E-state index < -0.39 is 5.97 Å². The van der Waals surface area contributed by atoms with E-state index in [1.165, 1.54) is 0 Å². The number of anilines is 1. The Morgan fingerprint density at radius 3 is 2.42 bits per heavy atom. The standard InChI is InChI=1S/C17H14Br2N2O3/c1-21-13-3-11(8-20)2-12(4-13)9-24-17-14(18)5-10(6-15(17)19)7-16(22)23/h2-6,21H,7,9H2,1H3,(H,22,23). The minimum atomic E-state index is -0.893. The molecule has 0 aliphatic heterocycles. The quantitative estimate of drug-likeness (QED) is 0.680. The van der Waals surface area contributed by atoms with E-state index in [1.807, 2.05) is 6.07 Å². The fraction of sp³-hybridized carbons (Fsp3) is 0.176. The number of carboxylic acids is 1. The highest BCUT2D eigenvalue weighted by atomic mass is 79.9. The number of hydrogen-bond donors (Lipinski definition) is 2. The predicted molar refractivity (Wildman–Crippen MR) is 98.2 cm³/mol. The number of halogens is 2. The van der Waals surface area contributed by atoms with E-state index in [4.69, 9.17) is 15.1 Å². The van der Waals surface area contributed by atoms with Crippen molar-refractivity contribution in [3.8, 4) is 11.8 Å². The minimum Gasteiger partial charge on any atom is -0.487 e. The van der Waals surface area contributed by atoms with Gasteiger partial charge in [0.05, 0.1) is 27.0 Å². The van der Waals surface area contributed by atoms with Gasteiger partial charge in [-0.05, 0) is 73.3 Å². The maximum absolute atomic E-state index is 10.8. The normalized spacial score (nSPS) is 10.1. The molecule has 2 aromatic carbocycles. The lowest BCUT2D eigenvalue weighted by atomic mass is 10.1. The van der Waals surface area contributed by atoms with Crippen molar-refractivity contribution in [2.75, 3.05) is 12.4 Å². The van der Waals surface area contributed by atoms with Gasteiger partial charge in [-0.3, -0.25) is 4.79 Å². The molecule has 2 N–H and O–H groups in total. The molecule has 0 spiro atoms. The van der Waals surface area contributed by atoms with E-state index in [9.17, 15) is 4.79 Å². The van der Waals surface area contributed by atoms with Gasteiger partial charge in [-0.25, -0.2) is 0 Å². The average Bonchev–Trinajstić information content (AvgIpc) is 2.53. The molecule has 0 bridgehead atoms. The van der Waals surface area contributed by atoms with E-state index >= 15 is 0 Å². The zero-order chi connectivity index (χ0) is 17.7. The Labute approximate surface area is 156 Å². The molecular formula is C17H14Br2N2O3. The first-order chi connectivity index (χ1) is 11.4. The molecule has 0 aliphatic rings. The highest BCUT2D eigenvalue weighted by Crippen LogP contribution is 2.35. The van der Waals surface area contributed by atoms with Gasteiger partial charge in [0, 0.05) is 12.7 Å². The van der Waals surface area contributed by atoms with Crippen LogP contribution in [0.1, 0.15) is 16.7 Å². The van der Waals surface area contributed by atoms with Crippen LogP contribution in [-0.2, 0) is 17.8 Å². The van der Waals surface area contributed by atoms with Gasteiger partial charge < -0.3 is 15.2 Å². The molecule has 0 saturated carbocycles. The van der Waals surface area contributed by atoms with Crippen molar-refractivity contribution in [1.29, 1.82) is 5.26 Å². The second kappa shape index (κ2) is 8.18. The highest BCUT2D eigenvalue weighted by molar-refractivity contribution is 9.11. The summed E-state index contributed by atoms with van der Waals surface area (Å²) in [4.78, 5) is 10.8. The van der Waals surface area contributed by atoms with Crippen molar-refractivity contribution in [1.82, 2.24) is 0 Å². The van der Waals surface area contributed by atoms with Crippen molar-refractivity contribution in [3.63, 3.8) is 0 Å². The van der Waals surface area contributed by atoms with E-state index in [0.29, 0.717) is 25.8 Å². The summed E-state index contributed by atoms with van der Waals surface area (Å²) in [5.74, 6) is -0.312. The molecule has 0 aliphatic carbocycles. The summed E-state index contributed by atoms with van der Waals surface area (Å²) in [6.45, 7) is 0.277. The lowest BCUT2D eigenvalue weighted by Gasteiger charge is -2.13. The van der Waals surface area contributed by atoms with Crippen LogP contribution in [0.25, 0.3) is 0 Å². The van der Waals surface area contributed by atoms with Crippen LogP contribution in [0, 0.1) is 11.3 Å². The molecule has 5 nitrogen and oxygen atoms in total. The fourth-order valence-electron chi connectivity index (χ4n) is 2.17. The molecule has 7 heteroatoms. The summed E-state index contributed by atoms with van der Waals surface area (Å²) in [6.07, 6.45) is -0.0623. The molecule has 24 heavy (non-hydrogen) atoms. The number of aliphatic carboxylic acids is 1. The van der Waals surface area contributed by atoms with Gasteiger partial charge in [0.2, 0.25) is 0 Å². The van der Waals surface area contributed by atoms with Crippen LogP contribution >= 0.6 is 31.9 Å². The number of nitrogens with one attached hydrogen (secondary N) is 1. The van der Waals surface area contributed by atoms with E-state index in [-0.39, 0.29) is 13.0 Å². The predicted octanol–water partition coefficient (Wildman–Crippen LogP) is 4.33. The topological polar surface area (TPSA) is 82.3 Å². The number of carbonyl (C=O) groups is 1. The number of benzene rings is 2. The Morgan fingerprint density at radius 1 is 1.21 bits per heavy atom. The molecule has 0 heterocycles. The van der Waals surface area contributed by atoms with Crippen LogP contribution in [0.4, 0.5) is 5.69 Å².